The number of aromatic hydroxyl groups is 1. The van der Waals surface area contributed by atoms with Crippen molar-refractivity contribution in [3.05, 3.63) is 36.4 Å². The molecule has 2 rings (SSSR count). The average Bonchev–Trinajstić information content (AvgIpc) is 2.30. The van der Waals surface area contributed by atoms with Crippen LogP contribution in [-0.2, 0) is 4.74 Å². The molecular weight excluding hydrogens is 206 g/mol. The number of ether oxygens (including phenoxy) is 1. The van der Waals surface area contributed by atoms with E-state index in [4.69, 9.17) is 0 Å². The zero-order valence-electron chi connectivity index (χ0n) is 8.73. The van der Waals surface area contributed by atoms with Crippen LogP contribution in [0.1, 0.15) is 0 Å². The summed E-state index contributed by atoms with van der Waals surface area (Å²) in [6, 6.07) is 10.4. The second-order valence-electron chi connectivity index (χ2n) is 3.29. The number of benzene rings is 2. The number of carbonyl (C=O) groups is 1. The third kappa shape index (κ3) is 1.77. The highest BCUT2D eigenvalue weighted by molar-refractivity contribution is 6.02. The Morgan fingerprint density at radius 1 is 1.19 bits per heavy atom. The predicted molar refractivity (Wildman–Crippen MR) is 61.6 cm³/mol. The topological polar surface area (TPSA) is 58.6 Å². The standard InChI is InChI=1S/C12H11NO3/c1-16-12(15)13-10-6-2-5-9-8(10)4-3-7-11(9)14/h2-7,14H,1H3,(H,13,15). The number of methoxy groups -OCH3 is 1. The Balaban J connectivity index is 2.54. The van der Waals surface area contributed by atoms with Crippen molar-refractivity contribution in [1.82, 2.24) is 0 Å². The molecular formula is C12H11NO3. The number of phenols is 1. The van der Waals surface area contributed by atoms with Gasteiger partial charge in [-0.15, -0.1) is 0 Å². The van der Waals surface area contributed by atoms with Crippen molar-refractivity contribution >= 4 is 22.6 Å². The lowest BCUT2D eigenvalue weighted by atomic mass is 10.1. The molecule has 2 N–H and O–H groups in total. The third-order valence-electron chi connectivity index (χ3n) is 2.32. The molecule has 16 heavy (non-hydrogen) atoms. The average molecular weight is 217 g/mol. The summed E-state index contributed by atoms with van der Waals surface area (Å²) in [4.78, 5) is 11.1. The van der Waals surface area contributed by atoms with E-state index in [1.165, 1.54) is 7.11 Å². The smallest absolute Gasteiger partial charge is 0.411 e. The summed E-state index contributed by atoms with van der Waals surface area (Å²) >= 11 is 0. The van der Waals surface area contributed by atoms with Crippen molar-refractivity contribution in [2.75, 3.05) is 12.4 Å². The van der Waals surface area contributed by atoms with Crippen molar-refractivity contribution in [1.29, 1.82) is 0 Å². The zero-order chi connectivity index (χ0) is 11.5. The van der Waals surface area contributed by atoms with Crippen LogP contribution in [0.3, 0.4) is 0 Å². The fraction of sp³-hybridized carbons (Fsp3) is 0.0833. The summed E-state index contributed by atoms with van der Waals surface area (Å²) in [6.45, 7) is 0. The molecule has 2 aromatic rings. The molecule has 0 heterocycles. The van der Waals surface area contributed by atoms with E-state index in [1.807, 2.05) is 6.07 Å². The first-order chi connectivity index (χ1) is 7.72. The van der Waals surface area contributed by atoms with E-state index in [-0.39, 0.29) is 5.75 Å². The number of nitrogens with one attached hydrogen (secondary N) is 1. The second kappa shape index (κ2) is 4.10. The van der Waals surface area contributed by atoms with Gasteiger partial charge < -0.3 is 9.84 Å². The summed E-state index contributed by atoms with van der Waals surface area (Å²) in [6.07, 6.45) is -0.532. The summed E-state index contributed by atoms with van der Waals surface area (Å²) in [5.74, 6) is 0.186. The minimum atomic E-state index is -0.532. The largest absolute Gasteiger partial charge is 0.507 e. The van der Waals surface area contributed by atoms with E-state index >= 15 is 0 Å². The van der Waals surface area contributed by atoms with Crippen LogP contribution in [-0.4, -0.2) is 18.3 Å². The van der Waals surface area contributed by atoms with Gasteiger partial charge in [-0.25, -0.2) is 4.79 Å². The van der Waals surface area contributed by atoms with Gasteiger partial charge in [0.2, 0.25) is 0 Å². The van der Waals surface area contributed by atoms with Crippen LogP contribution < -0.4 is 5.32 Å². The lowest BCUT2D eigenvalue weighted by molar-refractivity contribution is 0.187. The van der Waals surface area contributed by atoms with Gasteiger partial charge in [0.25, 0.3) is 0 Å². The summed E-state index contributed by atoms with van der Waals surface area (Å²) < 4.78 is 4.52. The molecule has 0 saturated heterocycles. The maximum atomic E-state index is 11.1. The monoisotopic (exact) mass is 217 g/mol. The van der Waals surface area contributed by atoms with Gasteiger partial charge in [0.15, 0.2) is 0 Å². The number of carbonyl (C=O) groups excluding carboxylic acids is 1. The normalized spacial score (nSPS) is 10.1. The molecule has 4 heteroatoms. The van der Waals surface area contributed by atoms with Crippen molar-refractivity contribution in [2.24, 2.45) is 0 Å². The van der Waals surface area contributed by atoms with Gasteiger partial charge in [-0.3, -0.25) is 5.32 Å². The number of hydrogen-bond donors (Lipinski definition) is 2. The van der Waals surface area contributed by atoms with Gasteiger partial charge >= 0.3 is 6.09 Å². The van der Waals surface area contributed by atoms with Crippen molar-refractivity contribution in [3.8, 4) is 5.75 Å². The Morgan fingerprint density at radius 3 is 2.62 bits per heavy atom. The maximum Gasteiger partial charge on any atom is 0.411 e. The zero-order valence-corrected chi connectivity index (χ0v) is 8.73. The fourth-order valence-corrected chi connectivity index (χ4v) is 1.56. The van der Waals surface area contributed by atoms with Crippen LogP contribution in [0.15, 0.2) is 36.4 Å². The molecule has 0 aromatic heterocycles. The first-order valence-corrected chi connectivity index (χ1v) is 4.78. The lowest BCUT2D eigenvalue weighted by Crippen LogP contribution is -2.11. The van der Waals surface area contributed by atoms with Gasteiger partial charge in [-0.05, 0) is 12.1 Å². The molecule has 0 aliphatic carbocycles. The Kier molecular flexibility index (Phi) is 2.64. The quantitative estimate of drug-likeness (QED) is 0.772. The summed E-state index contributed by atoms with van der Waals surface area (Å²) in [5, 5.41) is 13.7. The van der Waals surface area contributed by atoms with Gasteiger partial charge in [0, 0.05) is 10.8 Å². The van der Waals surface area contributed by atoms with Gasteiger partial charge in [0.1, 0.15) is 5.75 Å². The van der Waals surface area contributed by atoms with E-state index in [1.54, 1.807) is 30.3 Å². The summed E-state index contributed by atoms with van der Waals surface area (Å²) in [5.41, 5.74) is 0.611. The van der Waals surface area contributed by atoms with Crippen LogP contribution in [0.4, 0.5) is 10.5 Å². The van der Waals surface area contributed by atoms with Gasteiger partial charge in [0.05, 0.1) is 12.8 Å². The Hall–Kier alpha value is -2.23. The SMILES string of the molecule is COC(=O)Nc1cccc2c(O)cccc12. The first-order valence-electron chi connectivity index (χ1n) is 4.78. The van der Waals surface area contributed by atoms with E-state index < -0.39 is 6.09 Å². The molecule has 0 spiro atoms. The Morgan fingerprint density at radius 2 is 1.88 bits per heavy atom. The number of amides is 1. The van der Waals surface area contributed by atoms with E-state index in [0.29, 0.717) is 11.1 Å². The highest BCUT2D eigenvalue weighted by Crippen LogP contribution is 2.29. The summed E-state index contributed by atoms with van der Waals surface area (Å²) in [7, 11) is 1.30. The van der Waals surface area contributed by atoms with Crippen molar-refractivity contribution < 1.29 is 14.6 Å². The maximum absolute atomic E-state index is 11.1. The molecule has 0 fully saturated rings. The van der Waals surface area contributed by atoms with Gasteiger partial charge in [-0.2, -0.15) is 0 Å². The molecule has 0 bridgehead atoms. The van der Waals surface area contributed by atoms with Crippen molar-refractivity contribution in [2.45, 2.75) is 0 Å². The fourth-order valence-electron chi connectivity index (χ4n) is 1.56. The molecule has 1 amide bonds. The molecule has 0 saturated carbocycles. The minimum Gasteiger partial charge on any atom is -0.507 e. The van der Waals surface area contributed by atoms with Gasteiger partial charge in [-0.1, -0.05) is 24.3 Å². The molecule has 0 unspecified atom stereocenters. The third-order valence-corrected chi connectivity index (χ3v) is 2.32. The Bertz CT molecular complexity index is 537. The van der Waals surface area contributed by atoms with E-state index in [0.717, 1.165) is 5.39 Å². The van der Waals surface area contributed by atoms with Crippen molar-refractivity contribution in [3.63, 3.8) is 0 Å². The molecule has 0 aliphatic rings. The molecule has 0 radical (unpaired) electrons. The molecule has 4 nitrogen and oxygen atoms in total. The molecule has 0 atom stereocenters. The van der Waals surface area contributed by atoms with Crippen LogP contribution >= 0.6 is 0 Å². The van der Waals surface area contributed by atoms with E-state index in [9.17, 15) is 9.90 Å². The highest BCUT2D eigenvalue weighted by atomic mass is 16.5. The predicted octanol–water partition coefficient (Wildman–Crippen LogP) is 2.72. The van der Waals surface area contributed by atoms with Crippen LogP contribution in [0, 0.1) is 0 Å². The van der Waals surface area contributed by atoms with E-state index in [2.05, 4.69) is 10.1 Å². The molecule has 2 aromatic carbocycles. The van der Waals surface area contributed by atoms with Crippen LogP contribution in [0.2, 0.25) is 0 Å². The lowest BCUT2D eigenvalue weighted by Gasteiger charge is -2.08. The molecule has 82 valence electrons. The Labute approximate surface area is 92.5 Å². The number of hydrogen-bond acceptors (Lipinski definition) is 3. The number of phenolic OH excluding ortho intramolecular Hbond substituents is 1. The van der Waals surface area contributed by atoms with Crippen LogP contribution in [0.25, 0.3) is 10.8 Å². The highest BCUT2D eigenvalue weighted by Gasteiger charge is 2.06. The number of rotatable bonds is 1. The number of anilines is 1. The number of fused-ring (bicyclic) bond motifs is 1. The second-order valence-corrected chi connectivity index (χ2v) is 3.29. The minimum absolute atomic E-state index is 0.186. The van der Waals surface area contributed by atoms with Crippen LogP contribution in [0.5, 0.6) is 5.75 Å². The molecule has 0 aliphatic heterocycles. The first kappa shape index (κ1) is 10.3.